The van der Waals surface area contributed by atoms with Crippen LogP contribution in [0.4, 0.5) is 10.5 Å². The first-order valence-electron chi connectivity index (χ1n) is 7.51. The molecule has 0 fully saturated rings. The Bertz CT molecular complexity index is 677. The molecule has 1 amide bonds. The van der Waals surface area contributed by atoms with Crippen molar-refractivity contribution in [1.82, 2.24) is 5.32 Å². The molecule has 0 aliphatic carbocycles. The lowest BCUT2D eigenvalue weighted by atomic mass is 10.1. The number of nitrogens with one attached hydrogen (secondary N) is 2. The predicted octanol–water partition coefficient (Wildman–Crippen LogP) is 3.59. The summed E-state index contributed by atoms with van der Waals surface area (Å²) in [7, 11) is 4.61. The lowest BCUT2D eigenvalue weighted by Gasteiger charge is -2.11. The van der Waals surface area contributed by atoms with Crippen LogP contribution in [0.1, 0.15) is 11.1 Å². The van der Waals surface area contributed by atoms with Crippen LogP contribution < -0.4 is 20.1 Å². The normalized spacial score (nSPS) is 9.72. The Hall–Kier alpha value is -2.44. The van der Waals surface area contributed by atoms with Crippen LogP contribution in [0.5, 0.6) is 11.5 Å². The van der Waals surface area contributed by atoms with Crippen molar-refractivity contribution in [2.24, 2.45) is 0 Å². The van der Waals surface area contributed by atoms with Crippen molar-refractivity contribution in [3.63, 3.8) is 0 Å². The summed E-state index contributed by atoms with van der Waals surface area (Å²) in [5, 5.41) is 5.99. The van der Waals surface area contributed by atoms with E-state index in [9.17, 15) is 4.79 Å². The van der Waals surface area contributed by atoms with Gasteiger partial charge in [-0.3, -0.25) is 5.32 Å². The van der Waals surface area contributed by atoms with Crippen LogP contribution in [-0.4, -0.2) is 27.4 Å². The van der Waals surface area contributed by atoms with E-state index in [0.29, 0.717) is 18.8 Å². The molecule has 6 nitrogen and oxygen atoms in total. The van der Waals surface area contributed by atoms with Gasteiger partial charge in [-0.1, -0.05) is 18.2 Å². The monoisotopic (exact) mass is 366 g/mol. The Morgan fingerprint density at radius 2 is 1.68 bits per heavy atom. The summed E-state index contributed by atoms with van der Waals surface area (Å²) in [4.78, 5) is 11.1. The van der Waals surface area contributed by atoms with Crippen LogP contribution in [0.25, 0.3) is 0 Å². The fourth-order valence-corrected chi connectivity index (χ4v) is 2.21. The van der Waals surface area contributed by atoms with Crippen molar-refractivity contribution in [3.8, 4) is 11.5 Å². The van der Waals surface area contributed by atoms with Crippen LogP contribution in [0.15, 0.2) is 42.5 Å². The van der Waals surface area contributed by atoms with Crippen LogP contribution >= 0.6 is 12.4 Å². The topological polar surface area (TPSA) is 68.8 Å². The van der Waals surface area contributed by atoms with E-state index >= 15 is 0 Å². The number of carbonyl (C=O) groups is 1. The number of anilines is 1. The number of carbonyl (C=O) groups excluding carboxylic acids is 1. The number of hydrogen-bond acceptors (Lipinski definition) is 5. The second kappa shape index (κ2) is 10.4. The Labute approximate surface area is 153 Å². The molecule has 0 spiro atoms. The highest BCUT2D eigenvalue weighted by Gasteiger charge is 2.05. The van der Waals surface area contributed by atoms with Crippen molar-refractivity contribution in [3.05, 3.63) is 53.6 Å². The molecule has 0 atom stereocenters. The van der Waals surface area contributed by atoms with E-state index in [1.54, 1.807) is 14.2 Å². The molecule has 0 bridgehead atoms. The van der Waals surface area contributed by atoms with E-state index in [0.717, 1.165) is 22.6 Å². The molecule has 25 heavy (non-hydrogen) atoms. The Morgan fingerprint density at radius 3 is 2.28 bits per heavy atom. The van der Waals surface area contributed by atoms with Gasteiger partial charge in [-0.05, 0) is 23.8 Å². The Balaban J connectivity index is 0.00000312. The Kier molecular flexibility index (Phi) is 8.60. The van der Waals surface area contributed by atoms with Crippen LogP contribution in [-0.2, 0) is 17.8 Å². The molecule has 2 rings (SSSR count). The van der Waals surface area contributed by atoms with Crippen molar-refractivity contribution in [1.29, 1.82) is 0 Å². The standard InChI is InChI=1S/C18H22N2O4.ClH/c1-22-16-9-6-14(17(10-16)23-2)12-19-11-13-4-7-15(8-5-13)20-18(21)24-3;/h4-10,19H,11-12H2,1-3H3,(H,20,21);1H. The van der Waals surface area contributed by atoms with E-state index in [1.807, 2.05) is 42.5 Å². The van der Waals surface area contributed by atoms with E-state index in [-0.39, 0.29) is 12.4 Å². The molecule has 0 unspecified atom stereocenters. The molecule has 0 heterocycles. The zero-order chi connectivity index (χ0) is 17.4. The minimum absolute atomic E-state index is 0. The molecule has 0 aliphatic heterocycles. The molecule has 2 N–H and O–H groups in total. The van der Waals surface area contributed by atoms with Gasteiger partial charge >= 0.3 is 6.09 Å². The maximum absolute atomic E-state index is 11.1. The lowest BCUT2D eigenvalue weighted by Crippen LogP contribution is -2.14. The van der Waals surface area contributed by atoms with Gasteiger partial charge in [-0.2, -0.15) is 0 Å². The minimum Gasteiger partial charge on any atom is -0.497 e. The average molecular weight is 367 g/mol. The number of hydrogen-bond donors (Lipinski definition) is 2. The van der Waals surface area contributed by atoms with E-state index in [4.69, 9.17) is 9.47 Å². The van der Waals surface area contributed by atoms with Gasteiger partial charge in [0.05, 0.1) is 21.3 Å². The molecule has 136 valence electrons. The molecule has 7 heteroatoms. The first kappa shape index (κ1) is 20.6. The van der Waals surface area contributed by atoms with Crippen molar-refractivity contribution in [2.45, 2.75) is 13.1 Å². The first-order chi connectivity index (χ1) is 11.7. The zero-order valence-electron chi connectivity index (χ0n) is 14.5. The molecule has 0 saturated carbocycles. The van der Waals surface area contributed by atoms with E-state index in [1.165, 1.54) is 7.11 Å². The number of benzene rings is 2. The number of rotatable bonds is 7. The van der Waals surface area contributed by atoms with Gasteiger partial charge in [0.2, 0.25) is 0 Å². The Morgan fingerprint density at radius 1 is 0.960 bits per heavy atom. The highest BCUT2D eigenvalue weighted by molar-refractivity contribution is 5.85. The molecule has 2 aromatic rings. The highest BCUT2D eigenvalue weighted by atomic mass is 35.5. The molecule has 0 aromatic heterocycles. The number of amides is 1. The summed E-state index contributed by atoms with van der Waals surface area (Å²) in [5.41, 5.74) is 2.86. The summed E-state index contributed by atoms with van der Waals surface area (Å²) >= 11 is 0. The van der Waals surface area contributed by atoms with Crippen molar-refractivity contribution in [2.75, 3.05) is 26.6 Å². The van der Waals surface area contributed by atoms with E-state index in [2.05, 4.69) is 15.4 Å². The molecule has 0 saturated heterocycles. The largest absolute Gasteiger partial charge is 0.497 e. The van der Waals surface area contributed by atoms with Gasteiger partial charge < -0.3 is 19.5 Å². The SMILES string of the molecule is COC(=O)Nc1ccc(CNCc2ccc(OC)cc2OC)cc1.Cl. The van der Waals surface area contributed by atoms with Crippen LogP contribution in [0.2, 0.25) is 0 Å². The molecule has 2 aromatic carbocycles. The second-order valence-corrected chi connectivity index (χ2v) is 5.09. The third kappa shape index (κ3) is 6.17. The van der Waals surface area contributed by atoms with Crippen LogP contribution in [0.3, 0.4) is 0 Å². The second-order valence-electron chi connectivity index (χ2n) is 5.09. The maximum Gasteiger partial charge on any atom is 0.411 e. The number of halogens is 1. The quantitative estimate of drug-likeness (QED) is 0.783. The molecule has 0 aliphatic rings. The van der Waals surface area contributed by atoms with Gasteiger partial charge in [0.1, 0.15) is 11.5 Å². The van der Waals surface area contributed by atoms with Gasteiger partial charge in [0, 0.05) is 30.4 Å². The molecular formula is C18H23ClN2O4. The van der Waals surface area contributed by atoms with Crippen molar-refractivity contribution < 1.29 is 19.0 Å². The summed E-state index contributed by atoms with van der Waals surface area (Å²) in [6.45, 7) is 1.38. The maximum atomic E-state index is 11.1. The lowest BCUT2D eigenvalue weighted by molar-refractivity contribution is 0.187. The summed E-state index contributed by atoms with van der Waals surface area (Å²) in [5.74, 6) is 1.56. The fourth-order valence-electron chi connectivity index (χ4n) is 2.21. The third-order valence-electron chi connectivity index (χ3n) is 3.52. The van der Waals surface area contributed by atoms with Gasteiger partial charge in [0.25, 0.3) is 0 Å². The van der Waals surface area contributed by atoms with Crippen LogP contribution in [0, 0.1) is 0 Å². The average Bonchev–Trinajstić information content (AvgIpc) is 2.63. The highest BCUT2D eigenvalue weighted by Crippen LogP contribution is 2.24. The van der Waals surface area contributed by atoms with Gasteiger partial charge in [0.15, 0.2) is 0 Å². The van der Waals surface area contributed by atoms with Crippen molar-refractivity contribution >= 4 is 24.2 Å². The van der Waals surface area contributed by atoms with Gasteiger partial charge in [-0.15, -0.1) is 12.4 Å². The fraction of sp³-hybridized carbons (Fsp3) is 0.278. The summed E-state index contributed by atoms with van der Waals surface area (Å²) in [6.07, 6.45) is -0.479. The summed E-state index contributed by atoms with van der Waals surface area (Å²) < 4.78 is 15.1. The third-order valence-corrected chi connectivity index (χ3v) is 3.52. The minimum atomic E-state index is -0.479. The first-order valence-corrected chi connectivity index (χ1v) is 7.51. The number of ether oxygens (including phenoxy) is 3. The number of methoxy groups -OCH3 is 3. The van der Waals surface area contributed by atoms with E-state index < -0.39 is 6.09 Å². The molecular weight excluding hydrogens is 344 g/mol. The summed E-state index contributed by atoms with van der Waals surface area (Å²) in [6, 6.07) is 13.3. The predicted molar refractivity (Wildman–Crippen MR) is 99.8 cm³/mol. The van der Waals surface area contributed by atoms with Gasteiger partial charge in [-0.25, -0.2) is 4.79 Å². The molecule has 0 radical (unpaired) electrons. The zero-order valence-corrected chi connectivity index (χ0v) is 15.3. The smallest absolute Gasteiger partial charge is 0.411 e.